The SMILES string of the molecule is O=C(N[C@@H](C(=O)O)c1ccccc1)c1c(Cl)cccc1Cl. The Hall–Kier alpha value is -2.04. The summed E-state index contributed by atoms with van der Waals surface area (Å²) in [6.07, 6.45) is 0. The lowest BCUT2D eigenvalue weighted by molar-refractivity contribution is -0.139. The number of nitrogens with one attached hydrogen (secondary N) is 1. The van der Waals surface area contributed by atoms with Gasteiger partial charge in [-0.05, 0) is 17.7 Å². The first-order chi connectivity index (χ1) is 10.0. The molecular formula is C15H11Cl2NO3. The maximum Gasteiger partial charge on any atom is 0.330 e. The summed E-state index contributed by atoms with van der Waals surface area (Å²) in [5.74, 6) is -1.81. The van der Waals surface area contributed by atoms with Crippen molar-refractivity contribution in [2.24, 2.45) is 0 Å². The Morgan fingerprint density at radius 2 is 1.52 bits per heavy atom. The highest BCUT2D eigenvalue weighted by Crippen LogP contribution is 2.25. The summed E-state index contributed by atoms with van der Waals surface area (Å²) in [6, 6.07) is 11.8. The van der Waals surface area contributed by atoms with Gasteiger partial charge >= 0.3 is 5.97 Å². The van der Waals surface area contributed by atoms with E-state index < -0.39 is 17.9 Å². The third kappa shape index (κ3) is 3.54. The summed E-state index contributed by atoms with van der Waals surface area (Å²) in [7, 11) is 0. The van der Waals surface area contributed by atoms with Crippen molar-refractivity contribution in [1.82, 2.24) is 5.32 Å². The minimum Gasteiger partial charge on any atom is -0.479 e. The van der Waals surface area contributed by atoms with Gasteiger partial charge in [-0.2, -0.15) is 0 Å². The Morgan fingerprint density at radius 1 is 0.952 bits per heavy atom. The van der Waals surface area contributed by atoms with Crippen molar-refractivity contribution in [1.29, 1.82) is 0 Å². The number of halogens is 2. The van der Waals surface area contributed by atoms with Gasteiger partial charge in [0.1, 0.15) is 0 Å². The van der Waals surface area contributed by atoms with Gasteiger partial charge in [0, 0.05) is 0 Å². The van der Waals surface area contributed by atoms with Crippen molar-refractivity contribution in [2.75, 3.05) is 0 Å². The van der Waals surface area contributed by atoms with Crippen LogP contribution < -0.4 is 5.32 Å². The molecule has 21 heavy (non-hydrogen) atoms. The number of benzene rings is 2. The van der Waals surface area contributed by atoms with E-state index in [1.54, 1.807) is 36.4 Å². The van der Waals surface area contributed by atoms with Crippen LogP contribution in [-0.4, -0.2) is 17.0 Å². The molecule has 0 aromatic heterocycles. The van der Waals surface area contributed by atoms with E-state index in [2.05, 4.69) is 5.32 Å². The molecule has 4 nitrogen and oxygen atoms in total. The fourth-order valence-corrected chi connectivity index (χ4v) is 2.42. The molecule has 2 aromatic carbocycles. The van der Waals surface area contributed by atoms with Gasteiger partial charge in [0.2, 0.25) is 0 Å². The Kier molecular flexibility index (Phi) is 4.83. The van der Waals surface area contributed by atoms with Crippen LogP contribution in [0.15, 0.2) is 48.5 Å². The minimum absolute atomic E-state index is 0.0583. The first-order valence-electron chi connectivity index (χ1n) is 6.03. The number of carbonyl (C=O) groups is 2. The zero-order chi connectivity index (χ0) is 15.4. The van der Waals surface area contributed by atoms with E-state index >= 15 is 0 Å². The van der Waals surface area contributed by atoms with Crippen LogP contribution >= 0.6 is 23.2 Å². The Bertz CT molecular complexity index is 654. The minimum atomic E-state index is -1.17. The van der Waals surface area contributed by atoms with Crippen molar-refractivity contribution in [2.45, 2.75) is 6.04 Å². The summed E-state index contributed by atoms with van der Waals surface area (Å²) in [4.78, 5) is 23.6. The van der Waals surface area contributed by atoms with Gasteiger partial charge in [0.25, 0.3) is 5.91 Å². The second-order valence-corrected chi connectivity index (χ2v) is 5.07. The van der Waals surface area contributed by atoms with Crippen molar-refractivity contribution >= 4 is 35.1 Å². The maximum absolute atomic E-state index is 12.2. The van der Waals surface area contributed by atoms with Gasteiger partial charge in [0.05, 0.1) is 15.6 Å². The van der Waals surface area contributed by atoms with E-state index in [-0.39, 0.29) is 15.6 Å². The molecule has 0 fully saturated rings. The molecule has 108 valence electrons. The quantitative estimate of drug-likeness (QED) is 0.904. The van der Waals surface area contributed by atoms with E-state index in [0.717, 1.165) is 0 Å². The van der Waals surface area contributed by atoms with E-state index in [1.807, 2.05) is 0 Å². The van der Waals surface area contributed by atoms with Gasteiger partial charge in [-0.1, -0.05) is 59.6 Å². The molecule has 0 aliphatic rings. The monoisotopic (exact) mass is 323 g/mol. The van der Waals surface area contributed by atoms with Gasteiger partial charge in [-0.25, -0.2) is 4.79 Å². The second-order valence-electron chi connectivity index (χ2n) is 4.25. The first-order valence-corrected chi connectivity index (χ1v) is 6.79. The molecular weight excluding hydrogens is 313 g/mol. The Morgan fingerprint density at radius 3 is 2.05 bits per heavy atom. The lowest BCUT2D eigenvalue weighted by atomic mass is 10.1. The number of carboxylic acids is 1. The Labute approximate surface area is 131 Å². The molecule has 0 bridgehead atoms. The molecule has 0 saturated carbocycles. The van der Waals surface area contributed by atoms with E-state index in [9.17, 15) is 14.7 Å². The van der Waals surface area contributed by atoms with Crippen LogP contribution in [0.2, 0.25) is 10.0 Å². The number of aliphatic carboxylic acids is 1. The average molecular weight is 324 g/mol. The van der Waals surface area contributed by atoms with Gasteiger partial charge < -0.3 is 10.4 Å². The molecule has 0 radical (unpaired) electrons. The average Bonchev–Trinajstić information content (AvgIpc) is 2.45. The lowest BCUT2D eigenvalue weighted by Gasteiger charge is -2.16. The molecule has 1 atom stereocenters. The fraction of sp³-hybridized carbons (Fsp3) is 0.0667. The van der Waals surface area contributed by atoms with E-state index in [0.29, 0.717) is 5.56 Å². The molecule has 0 saturated heterocycles. The molecule has 0 aliphatic heterocycles. The molecule has 2 rings (SSSR count). The smallest absolute Gasteiger partial charge is 0.330 e. The van der Waals surface area contributed by atoms with Crippen molar-refractivity contribution in [3.8, 4) is 0 Å². The lowest BCUT2D eigenvalue weighted by Crippen LogP contribution is -2.34. The van der Waals surface area contributed by atoms with Gasteiger partial charge in [-0.3, -0.25) is 4.79 Å². The number of hydrogen-bond donors (Lipinski definition) is 2. The number of rotatable bonds is 4. The molecule has 6 heteroatoms. The van der Waals surface area contributed by atoms with E-state index in [4.69, 9.17) is 23.2 Å². The van der Waals surface area contributed by atoms with Gasteiger partial charge in [-0.15, -0.1) is 0 Å². The molecule has 0 spiro atoms. The third-order valence-electron chi connectivity index (χ3n) is 2.85. The summed E-state index contributed by atoms with van der Waals surface area (Å²) in [6.45, 7) is 0. The molecule has 0 heterocycles. The molecule has 2 N–H and O–H groups in total. The molecule has 0 unspecified atom stereocenters. The van der Waals surface area contributed by atoms with Crippen molar-refractivity contribution < 1.29 is 14.7 Å². The van der Waals surface area contributed by atoms with Crippen LogP contribution in [0.1, 0.15) is 22.0 Å². The van der Waals surface area contributed by atoms with Crippen molar-refractivity contribution in [3.63, 3.8) is 0 Å². The number of hydrogen-bond acceptors (Lipinski definition) is 2. The number of carboxylic acid groups (broad SMARTS) is 1. The van der Waals surface area contributed by atoms with Crippen LogP contribution in [0.3, 0.4) is 0 Å². The number of amides is 1. The highest BCUT2D eigenvalue weighted by atomic mass is 35.5. The van der Waals surface area contributed by atoms with E-state index in [1.165, 1.54) is 12.1 Å². The third-order valence-corrected chi connectivity index (χ3v) is 3.48. The summed E-state index contributed by atoms with van der Waals surface area (Å²) < 4.78 is 0. The maximum atomic E-state index is 12.2. The standard InChI is InChI=1S/C15H11Cl2NO3/c16-10-7-4-8-11(17)12(10)14(19)18-13(15(20)21)9-5-2-1-3-6-9/h1-8,13H,(H,18,19)(H,20,21)/t13-/m1/s1. The van der Waals surface area contributed by atoms with Crippen LogP contribution in [0.25, 0.3) is 0 Å². The number of carbonyl (C=O) groups excluding carboxylic acids is 1. The highest BCUT2D eigenvalue weighted by molar-refractivity contribution is 6.39. The zero-order valence-corrected chi connectivity index (χ0v) is 12.2. The topological polar surface area (TPSA) is 66.4 Å². The summed E-state index contributed by atoms with van der Waals surface area (Å²) in [5, 5.41) is 12.0. The normalized spacial score (nSPS) is 11.7. The van der Waals surface area contributed by atoms with Crippen LogP contribution in [0.4, 0.5) is 0 Å². The Balaban J connectivity index is 2.30. The molecule has 0 aliphatic carbocycles. The summed E-state index contributed by atoms with van der Waals surface area (Å²) >= 11 is 11.9. The van der Waals surface area contributed by atoms with Crippen LogP contribution in [-0.2, 0) is 4.79 Å². The predicted molar refractivity (Wildman–Crippen MR) is 80.7 cm³/mol. The van der Waals surface area contributed by atoms with Crippen LogP contribution in [0, 0.1) is 0 Å². The predicted octanol–water partition coefficient (Wildman–Crippen LogP) is 3.55. The van der Waals surface area contributed by atoms with Crippen molar-refractivity contribution in [3.05, 3.63) is 69.7 Å². The summed E-state index contributed by atoms with van der Waals surface area (Å²) in [5.41, 5.74) is 0.518. The highest BCUT2D eigenvalue weighted by Gasteiger charge is 2.24. The second kappa shape index (κ2) is 6.61. The molecule has 1 amide bonds. The van der Waals surface area contributed by atoms with Crippen LogP contribution in [0.5, 0.6) is 0 Å². The zero-order valence-electron chi connectivity index (χ0n) is 10.7. The molecule has 2 aromatic rings. The fourth-order valence-electron chi connectivity index (χ4n) is 1.85. The first kappa shape index (κ1) is 15.4. The van der Waals surface area contributed by atoms with Gasteiger partial charge in [0.15, 0.2) is 6.04 Å². The largest absolute Gasteiger partial charge is 0.479 e.